The largest absolute Gasteiger partial charge is 0.361 e. The van der Waals surface area contributed by atoms with Crippen LogP contribution in [0.2, 0.25) is 0 Å². The topological polar surface area (TPSA) is 84.2 Å². The average molecular weight is 277 g/mol. The van der Waals surface area contributed by atoms with E-state index in [0.29, 0.717) is 12.4 Å². The maximum Gasteiger partial charge on any atom is 0.353 e. The molecule has 2 rings (SSSR count). The molecule has 0 radical (unpaired) electrons. The number of hydrogen-bond acceptors (Lipinski definition) is 6. The SMILES string of the molecule is C=CCNc1ncnc(N2CCCCCC2)c1[N+](=O)[O-]. The second kappa shape index (κ2) is 6.83. The van der Waals surface area contributed by atoms with E-state index in [1.165, 1.54) is 6.33 Å². The van der Waals surface area contributed by atoms with Gasteiger partial charge in [0, 0.05) is 19.6 Å². The Morgan fingerprint density at radius 3 is 2.65 bits per heavy atom. The quantitative estimate of drug-likeness (QED) is 0.505. The fourth-order valence-electron chi connectivity index (χ4n) is 2.35. The molecule has 0 unspecified atom stereocenters. The molecule has 20 heavy (non-hydrogen) atoms. The molecule has 0 spiro atoms. The summed E-state index contributed by atoms with van der Waals surface area (Å²) in [5.41, 5.74) is -0.0451. The van der Waals surface area contributed by atoms with E-state index in [-0.39, 0.29) is 11.5 Å². The van der Waals surface area contributed by atoms with Crippen LogP contribution in [0.25, 0.3) is 0 Å². The van der Waals surface area contributed by atoms with Crippen molar-refractivity contribution in [2.24, 2.45) is 0 Å². The summed E-state index contributed by atoms with van der Waals surface area (Å²) < 4.78 is 0. The molecule has 7 nitrogen and oxygen atoms in total. The average Bonchev–Trinajstić information content (AvgIpc) is 2.73. The van der Waals surface area contributed by atoms with Crippen LogP contribution in [-0.2, 0) is 0 Å². The number of anilines is 2. The van der Waals surface area contributed by atoms with Crippen molar-refractivity contribution in [1.82, 2.24) is 9.97 Å². The molecule has 1 N–H and O–H groups in total. The van der Waals surface area contributed by atoms with Gasteiger partial charge in [-0.25, -0.2) is 9.97 Å². The van der Waals surface area contributed by atoms with Gasteiger partial charge in [0.1, 0.15) is 6.33 Å². The van der Waals surface area contributed by atoms with Gasteiger partial charge in [-0.1, -0.05) is 18.9 Å². The second-order valence-corrected chi connectivity index (χ2v) is 4.72. The van der Waals surface area contributed by atoms with E-state index in [4.69, 9.17) is 0 Å². The Bertz CT molecular complexity index is 484. The smallest absolute Gasteiger partial charge is 0.353 e. The number of rotatable bonds is 5. The summed E-state index contributed by atoms with van der Waals surface area (Å²) >= 11 is 0. The van der Waals surface area contributed by atoms with Crippen molar-refractivity contribution >= 4 is 17.3 Å². The molecule has 0 atom stereocenters. The minimum Gasteiger partial charge on any atom is -0.361 e. The minimum atomic E-state index is -0.411. The molecule has 1 aliphatic heterocycles. The summed E-state index contributed by atoms with van der Waals surface area (Å²) in [7, 11) is 0. The van der Waals surface area contributed by atoms with Crippen molar-refractivity contribution in [2.75, 3.05) is 29.9 Å². The van der Waals surface area contributed by atoms with Gasteiger partial charge in [-0.3, -0.25) is 10.1 Å². The molecule has 0 bridgehead atoms. The first-order chi connectivity index (χ1) is 9.74. The third-order valence-corrected chi connectivity index (χ3v) is 3.30. The van der Waals surface area contributed by atoms with Gasteiger partial charge in [0.2, 0.25) is 11.6 Å². The van der Waals surface area contributed by atoms with Crippen LogP contribution in [-0.4, -0.2) is 34.5 Å². The van der Waals surface area contributed by atoms with Gasteiger partial charge < -0.3 is 10.2 Å². The van der Waals surface area contributed by atoms with Crippen LogP contribution >= 0.6 is 0 Å². The Labute approximate surface area is 117 Å². The van der Waals surface area contributed by atoms with Gasteiger partial charge >= 0.3 is 5.69 Å². The zero-order chi connectivity index (χ0) is 14.4. The Balaban J connectivity index is 2.34. The molecular formula is C13H19N5O2. The minimum absolute atomic E-state index is 0.0451. The zero-order valence-electron chi connectivity index (χ0n) is 11.4. The summed E-state index contributed by atoms with van der Waals surface area (Å²) in [5, 5.41) is 14.3. The molecule has 0 amide bonds. The van der Waals surface area contributed by atoms with Gasteiger partial charge in [-0.15, -0.1) is 6.58 Å². The monoisotopic (exact) mass is 277 g/mol. The third kappa shape index (κ3) is 3.23. The highest BCUT2D eigenvalue weighted by molar-refractivity contribution is 5.70. The summed E-state index contributed by atoms with van der Waals surface area (Å²) in [6, 6.07) is 0. The predicted molar refractivity (Wildman–Crippen MR) is 78.1 cm³/mol. The van der Waals surface area contributed by atoms with E-state index < -0.39 is 4.92 Å². The van der Waals surface area contributed by atoms with Gasteiger partial charge in [0.25, 0.3) is 0 Å². The first-order valence-corrected chi connectivity index (χ1v) is 6.83. The lowest BCUT2D eigenvalue weighted by Crippen LogP contribution is -2.26. The third-order valence-electron chi connectivity index (χ3n) is 3.30. The molecule has 1 aromatic rings. The van der Waals surface area contributed by atoms with E-state index in [1.807, 2.05) is 4.90 Å². The Morgan fingerprint density at radius 2 is 2.05 bits per heavy atom. The van der Waals surface area contributed by atoms with Crippen molar-refractivity contribution in [3.63, 3.8) is 0 Å². The summed E-state index contributed by atoms with van der Waals surface area (Å²) in [6.45, 7) is 5.63. The van der Waals surface area contributed by atoms with E-state index in [2.05, 4.69) is 21.9 Å². The van der Waals surface area contributed by atoms with Crippen LogP contribution in [0.15, 0.2) is 19.0 Å². The second-order valence-electron chi connectivity index (χ2n) is 4.72. The lowest BCUT2D eigenvalue weighted by Gasteiger charge is -2.21. The first kappa shape index (κ1) is 14.2. The first-order valence-electron chi connectivity index (χ1n) is 6.83. The highest BCUT2D eigenvalue weighted by Gasteiger charge is 2.27. The summed E-state index contributed by atoms with van der Waals surface area (Å²) in [4.78, 5) is 21.1. The lowest BCUT2D eigenvalue weighted by molar-refractivity contribution is -0.383. The molecule has 0 aromatic carbocycles. The molecular weight excluding hydrogens is 258 g/mol. The molecule has 108 valence electrons. The Hall–Kier alpha value is -2.18. The molecule has 1 fully saturated rings. The number of aromatic nitrogens is 2. The molecule has 2 heterocycles. The van der Waals surface area contributed by atoms with Crippen LogP contribution in [0.1, 0.15) is 25.7 Å². The van der Waals surface area contributed by atoms with Gasteiger partial charge in [0.15, 0.2) is 0 Å². The van der Waals surface area contributed by atoms with Crippen molar-refractivity contribution in [2.45, 2.75) is 25.7 Å². The van der Waals surface area contributed by atoms with Gasteiger partial charge in [0.05, 0.1) is 4.92 Å². The Morgan fingerprint density at radius 1 is 1.35 bits per heavy atom. The summed E-state index contributed by atoms with van der Waals surface area (Å²) in [5.74, 6) is 0.669. The highest BCUT2D eigenvalue weighted by Crippen LogP contribution is 2.32. The van der Waals surface area contributed by atoms with E-state index in [9.17, 15) is 10.1 Å². The predicted octanol–water partition coefficient (Wildman–Crippen LogP) is 2.36. The van der Waals surface area contributed by atoms with Crippen LogP contribution in [0.5, 0.6) is 0 Å². The Kier molecular flexibility index (Phi) is 4.86. The maximum absolute atomic E-state index is 11.4. The van der Waals surface area contributed by atoms with Crippen LogP contribution < -0.4 is 10.2 Å². The maximum atomic E-state index is 11.4. The van der Waals surface area contributed by atoms with Crippen LogP contribution in [0.3, 0.4) is 0 Å². The fraction of sp³-hybridized carbons (Fsp3) is 0.538. The number of nitrogens with zero attached hydrogens (tertiary/aromatic N) is 4. The van der Waals surface area contributed by atoms with Crippen LogP contribution in [0, 0.1) is 10.1 Å². The molecule has 7 heteroatoms. The van der Waals surface area contributed by atoms with E-state index >= 15 is 0 Å². The molecule has 0 saturated carbocycles. The normalized spacial score (nSPS) is 15.5. The van der Waals surface area contributed by atoms with Gasteiger partial charge in [-0.2, -0.15) is 0 Å². The van der Waals surface area contributed by atoms with Crippen molar-refractivity contribution in [1.29, 1.82) is 0 Å². The van der Waals surface area contributed by atoms with E-state index in [0.717, 1.165) is 38.8 Å². The fourth-order valence-corrected chi connectivity index (χ4v) is 2.35. The molecule has 1 saturated heterocycles. The molecule has 1 aromatic heterocycles. The summed E-state index contributed by atoms with van der Waals surface area (Å²) in [6.07, 6.45) is 7.41. The number of nitrogens with one attached hydrogen (secondary N) is 1. The molecule has 1 aliphatic rings. The van der Waals surface area contributed by atoms with E-state index in [1.54, 1.807) is 6.08 Å². The van der Waals surface area contributed by atoms with Crippen LogP contribution in [0.4, 0.5) is 17.3 Å². The molecule has 0 aliphatic carbocycles. The van der Waals surface area contributed by atoms with Crippen molar-refractivity contribution in [3.8, 4) is 0 Å². The van der Waals surface area contributed by atoms with Gasteiger partial charge in [-0.05, 0) is 12.8 Å². The van der Waals surface area contributed by atoms with Crippen molar-refractivity contribution in [3.05, 3.63) is 29.1 Å². The number of hydrogen-bond donors (Lipinski definition) is 1. The number of nitro groups is 1. The lowest BCUT2D eigenvalue weighted by atomic mass is 10.2. The van der Waals surface area contributed by atoms with Crippen molar-refractivity contribution < 1.29 is 4.92 Å². The standard InChI is InChI=1S/C13H19N5O2/c1-2-7-14-12-11(18(19)20)13(16-10-15-12)17-8-5-3-4-6-9-17/h2,10H,1,3-9H2,(H,14,15,16). The zero-order valence-corrected chi connectivity index (χ0v) is 11.4. The highest BCUT2D eigenvalue weighted by atomic mass is 16.6.